The maximum absolute atomic E-state index is 10.8. The second-order valence-electron chi connectivity index (χ2n) is 7.58. The molecular formula is C16H30O2. The van der Waals surface area contributed by atoms with Crippen LogP contribution in [0, 0.1) is 29.1 Å². The van der Waals surface area contributed by atoms with Crippen LogP contribution in [0.3, 0.4) is 0 Å². The molecule has 2 aliphatic carbocycles. The zero-order chi connectivity index (χ0) is 13.7. The third kappa shape index (κ3) is 1.92. The highest BCUT2D eigenvalue weighted by Crippen LogP contribution is 2.57. The van der Waals surface area contributed by atoms with Gasteiger partial charge in [0.25, 0.3) is 0 Å². The lowest BCUT2D eigenvalue weighted by molar-refractivity contribution is -0.128. The van der Waals surface area contributed by atoms with Crippen molar-refractivity contribution in [3.63, 3.8) is 0 Å². The Balaban J connectivity index is 2.42. The highest BCUT2D eigenvalue weighted by Gasteiger charge is 2.56. The van der Waals surface area contributed by atoms with Crippen LogP contribution in [0.25, 0.3) is 0 Å². The lowest BCUT2D eigenvalue weighted by atomic mass is 9.62. The van der Waals surface area contributed by atoms with E-state index in [4.69, 9.17) is 0 Å². The van der Waals surface area contributed by atoms with E-state index in [9.17, 15) is 10.2 Å². The van der Waals surface area contributed by atoms with E-state index in [2.05, 4.69) is 27.7 Å². The van der Waals surface area contributed by atoms with Gasteiger partial charge in [0.2, 0.25) is 0 Å². The summed E-state index contributed by atoms with van der Waals surface area (Å²) in [6.07, 6.45) is 3.69. The average molecular weight is 254 g/mol. The van der Waals surface area contributed by atoms with Crippen LogP contribution < -0.4 is 0 Å². The molecule has 0 heterocycles. The van der Waals surface area contributed by atoms with Gasteiger partial charge in [-0.05, 0) is 55.3 Å². The molecule has 0 aromatic heterocycles. The Morgan fingerprint density at radius 1 is 1.17 bits per heavy atom. The first-order chi connectivity index (χ1) is 8.22. The summed E-state index contributed by atoms with van der Waals surface area (Å²) in [7, 11) is 0. The molecule has 3 unspecified atom stereocenters. The van der Waals surface area contributed by atoms with Gasteiger partial charge in [-0.2, -0.15) is 0 Å². The lowest BCUT2D eigenvalue weighted by Crippen LogP contribution is -2.50. The summed E-state index contributed by atoms with van der Waals surface area (Å²) in [4.78, 5) is 0. The summed E-state index contributed by atoms with van der Waals surface area (Å²) in [6.45, 7) is 10.9. The topological polar surface area (TPSA) is 40.5 Å². The minimum atomic E-state index is -0.942. The van der Waals surface area contributed by atoms with Gasteiger partial charge in [-0.25, -0.2) is 0 Å². The molecule has 18 heavy (non-hydrogen) atoms. The Kier molecular flexibility index (Phi) is 3.57. The number of aliphatic hydroxyl groups is 2. The van der Waals surface area contributed by atoms with E-state index in [1.165, 1.54) is 12.8 Å². The van der Waals surface area contributed by atoms with Crippen LogP contribution in [-0.2, 0) is 0 Å². The van der Waals surface area contributed by atoms with Crippen molar-refractivity contribution < 1.29 is 10.2 Å². The third-order valence-corrected chi connectivity index (χ3v) is 6.32. The Labute approximate surface area is 112 Å². The van der Waals surface area contributed by atoms with Crippen molar-refractivity contribution in [1.29, 1.82) is 0 Å². The van der Waals surface area contributed by atoms with E-state index in [1.807, 2.05) is 6.92 Å². The molecule has 0 spiro atoms. The van der Waals surface area contributed by atoms with Gasteiger partial charge in [0.05, 0.1) is 11.7 Å². The molecule has 106 valence electrons. The smallest absolute Gasteiger partial charge is 0.0910 e. The minimum Gasteiger partial charge on any atom is -0.390 e. The van der Waals surface area contributed by atoms with Crippen LogP contribution in [0.5, 0.6) is 0 Å². The molecule has 2 N–H and O–H groups in total. The molecule has 6 atom stereocenters. The van der Waals surface area contributed by atoms with Gasteiger partial charge in [-0.3, -0.25) is 0 Å². The maximum atomic E-state index is 10.8. The van der Waals surface area contributed by atoms with E-state index in [1.54, 1.807) is 0 Å². The fourth-order valence-electron chi connectivity index (χ4n) is 5.27. The highest BCUT2D eigenvalue weighted by atomic mass is 16.3. The summed E-state index contributed by atoms with van der Waals surface area (Å²) in [6, 6.07) is 0. The molecule has 2 heteroatoms. The summed E-state index contributed by atoms with van der Waals surface area (Å²) in [5, 5.41) is 21.3. The van der Waals surface area contributed by atoms with Crippen molar-refractivity contribution >= 4 is 0 Å². The second-order valence-corrected chi connectivity index (χ2v) is 7.58. The van der Waals surface area contributed by atoms with E-state index in [-0.39, 0.29) is 11.3 Å². The molecule has 2 aliphatic rings. The first-order valence-electron chi connectivity index (χ1n) is 7.63. The zero-order valence-corrected chi connectivity index (χ0v) is 12.6. The Hall–Kier alpha value is -0.0800. The average Bonchev–Trinajstić information content (AvgIpc) is 2.58. The molecule has 0 bridgehead atoms. The fraction of sp³-hybridized carbons (Fsp3) is 1.00. The molecular weight excluding hydrogens is 224 g/mol. The lowest BCUT2D eigenvalue weighted by Gasteiger charge is -2.46. The van der Waals surface area contributed by atoms with Gasteiger partial charge in [-0.1, -0.05) is 34.1 Å². The van der Waals surface area contributed by atoms with Gasteiger partial charge in [0.15, 0.2) is 0 Å². The first-order valence-corrected chi connectivity index (χ1v) is 7.63. The van der Waals surface area contributed by atoms with Crippen molar-refractivity contribution in [2.75, 3.05) is 0 Å². The van der Waals surface area contributed by atoms with Gasteiger partial charge >= 0.3 is 0 Å². The third-order valence-electron chi connectivity index (χ3n) is 6.32. The molecule has 0 radical (unpaired) electrons. The Morgan fingerprint density at radius 3 is 2.33 bits per heavy atom. The van der Waals surface area contributed by atoms with Gasteiger partial charge in [0, 0.05) is 0 Å². The predicted molar refractivity (Wildman–Crippen MR) is 74.2 cm³/mol. The van der Waals surface area contributed by atoms with Crippen molar-refractivity contribution in [3.8, 4) is 0 Å². The van der Waals surface area contributed by atoms with Crippen LogP contribution in [0.1, 0.15) is 60.3 Å². The Morgan fingerprint density at radius 2 is 1.78 bits per heavy atom. The Bertz CT molecular complexity index is 308. The molecule has 0 saturated heterocycles. The summed E-state index contributed by atoms with van der Waals surface area (Å²) < 4.78 is 0. The first kappa shape index (κ1) is 14.3. The maximum Gasteiger partial charge on any atom is 0.0910 e. The number of aliphatic hydroxyl groups excluding tert-OH is 1. The molecule has 2 fully saturated rings. The quantitative estimate of drug-likeness (QED) is 0.754. The SMILES string of the molecule is CC[C@H]1C(C)(O)C(O)CC2[C@H](C)CC[C@H]2C1(C)C. The van der Waals surface area contributed by atoms with Crippen LogP contribution in [0.2, 0.25) is 0 Å². The molecule has 2 saturated carbocycles. The standard InChI is InChI=1S/C16H30O2/c1-6-13-15(3,4)12-8-7-10(2)11(12)9-14(17)16(13,5)18/h10-14,17-18H,6-9H2,1-5H3/t10-,11?,12-,13-,14?,16?/m1/s1. The van der Waals surface area contributed by atoms with E-state index in [0.717, 1.165) is 12.8 Å². The van der Waals surface area contributed by atoms with Crippen LogP contribution in [-0.4, -0.2) is 21.9 Å². The minimum absolute atomic E-state index is 0.116. The molecule has 0 aromatic carbocycles. The summed E-state index contributed by atoms with van der Waals surface area (Å²) in [5.41, 5.74) is -0.826. The summed E-state index contributed by atoms with van der Waals surface area (Å²) >= 11 is 0. The number of hydrogen-bond donors (Lipinski definition) is 2. The number of fused-ring (bicyclic) bond motifs is 1. The molecule has 0 aromatic rings. The van der Waals surface area contributed by atoms with Crippen molar-refractivity contribution in [2.45, 2.75) is 72.0 Å². The highest BCUT2D eigenvalue weighted by molar-refractivity contribution is 5.06. The molecule has 0 amide bonds. The fourth-order valence-corrected chi connectivity index (χ4v) is 5.27. The van der Waals surface area contributed by atoms with Gasteiger partial charge in [0.1, 0.15) is 0 Å². The van der Waals surface area contributed by atoms with Crippen molar-refractivity contribution in [3.05, 3.63) is 0 Å². The van der Waals surface area contributed by atoms with Crippen molar-refractivity contribution in [2.24, 2.45) is 29.1 Å². The normalized spacial score (nSPS) is 51.8. The van der Waals surface area contributed by atoms with Crippen LogP contribution in [0.4, 0.5) is 0 Å². The van der Waals surface area contributed by atoms with Crippen molar-refractivity contribution in [1.82, 2.24) is 0 Å². The molecule has 2 rings (SSSR count). The number of hydrogen-bond acceptors (Lipinski definition) is 2. The molecule has 0 aliphatic heterocycles. The summed E-state index contributed by atoms with van der Waals surface area (Å²) in [5.74, 6) is 2.11. The van der Waals surface area contributed by atoms with E-state index in [0.29, 0.717) is 17.8 Å². The van der Waals surface area contributed by atoms with Crippen LogP contribution >= 0.6 is 0 Å². The van der Waals surface area contributed by atoms with Gasteiger partial charge in [-0.15, -0.1) is 0 Å². The number of rotatable bonds is 1. The van der Waals surface area contributed by atoms with E-state index < -0.39 is 11.7 Å². The monoisotopic (exact) mass is 254 g/mol. The van der Waals surface area contributed by atoms with Crippen LogP contribution in [0.15, 0.2) is 0 Å². The largest absolute Gasteiger partial charge is 0.390 e. The second kappa shape index (κ2) is 4.49. The predicted octanol–water partition coefficient (Wildman–Crippen LogP) is 3.22. The molecule has 2 nitrogen and oxygen atoms in total. The zero-order valence-electron chi connectivity index (χ0n) is 12.6. The van der Waals surface area contributed by atoms with E-state index >= 15 is 0 Å². The van der Waals surface area contributed by atoms with Gasteiger partial charge < -0.3 is 10.2 Å².